The predicted octanol–water partition coefficient (Wildman–Crippen LogP) is 4.29. The number of rotatable bonds is 4. The van der Waals surface area contributed by atoms with Crippen molar-refractivity contribution in [1.29, 1.82) is 0 Å². The van der Waals surface area contributed by atoms with E-state index in [-0.39, 0.29) is 0 Å². The number of hydrogen-bond acceptors (Lipinski definition) is 2. The Labute approximate surface area is 153 Å². The Kier molecular flexibility index (Phi) is 5.29. The van der Waals surface area contributed by atoms with Gasteiger partial charge in [0.2, 0.25) is 0 Å². The summed E-state index contributed by atoms with van der Waals surface area (Å²) >= 11 is 10.8. The van der Waals surface area contributed by atoms with Gasteiger partial charge in [-0.05, 0) is 0 Å². The summed E-state index contributed by atoms with van der Waals surface area (Å²) in [6.07, 6.45) is 0. The van der Waals surface area contributed by atoms with Crippen LogP contribution < -0.4 is 4.57 Å². The number of nitrogens with zero attached hydrogens (tertiary/aromatic N) is 2. The fraction of sp³-hybridized carbons (Fsp3) is 0.111. The summed E-state index contributed by atoms with van der Waals surface area (Å²) in [5.74, 6) is 0. The molecule has 0 N–H and O–H groups in total. The zero-order valence-corrected chi connectivity index (χ0v) is 15.9. The van der Waals surface area contributed by atoms with E-state index in [1.807, 2.05) is 42.5 Å². The Hall–Kier alpha value is -1.45. The van der Waals surface area contributed by atoms with Crippen LogP contribution in [0.3, 0.4) is 0 Å². The van der Waals surface area contributed by atoms with Crippen molar-refractivity contribution in [3.05, 3.63) is 81.3 Å². The molecule has 0 aliphatic rings. The zero-order valence-electron chi connectivity index (χ0n) is 12.6. The van der Waals surface area contributed by atoms with Crippen LogP contribution in [0.5, 0.6) is 0 Å². The third-order valence-corrected chi connectivity index (χ3v) is 5.67. The second kappa shape index (κ2) is 7.41. The number of thiazole rings is 1. The average molecular weight is 406 g/mol. The van der Waals surface area contributed by atoms with Crippen molar-refractivity contribution in [3.8, 4) is 0 Å². The van der Waals surface area contributed by atoms with E-state index in [2.05, 4.69) is 50.0 Å². The van der Waals surface area contributed by atoms with Gasteiger partial charge in [-0.15, -0.1) is 0 Å². The number of hydrogen-bond donors (Lipinski definition) is 0. The molecular formula is C18H15ClN2SSe. The Bertz CT molecular complexity index is 826. The van der Waals surface area contributed by atoms with Crippen LogP contribution in [0, 0.1) is 6.92 Å². The fourth-order valence-electron chi connectivity index (χ4n) is 2.23. The van der Waals surface area contributed by atoms with Crippen LogP contribution in [-0.2, 0) is 6.54 Å². The molecule has 5 heteroatoms. The van der Waals surface area contributed by atoms with Gasteiger partial charge in [0.05, 0.1) is 0 Å². The first-order chi connectivity index (χ1) is 11.1. The average Bonchev–Trinajstić information content (AvgIpc) is 2.92. The van der Waals surface area contributed by atoms with Crippen molar-refractivity contribution in [3.63, 3.8) is 0 Å². The molecule has 0 aliphatic heterocycles. The molecule has 3 aromatic rings. The summed E-state index contributed by atoms with van der Waals surface area (Å²) in [6, 6.07) is 18.0. The van der Waals surface area contributed by atoms with E-state index in [0.717, 1.165) is 26.9 Å². The molecule has 1 heterocycles. The topological polar surface area (TPSA) is 16.2 Å². The van der Waals surface area contributed by atoms with E-state index in [1.165, 1.54) is 11.3 Å². The van der Waals surface area contributed by atoms with Crippen LogP contribution in [0.2, 0.25) is 5.02 Å². The Morgan fingerprint density at radius 3 is 2.52 bits per heavy atom. The summed E-state index contributed by atoms with van der Waals surface area (Å²) in [6.45, 7) is 2.92. The number of halogens is 1. The molecule has 0 saturated heterocycles. The molecule has 0 radical (unpaired) electrons. The van der Waals surface area contributed by atoms with Gasteiger partial charge in [0, 0.05) is 0 Å². The first kappa shape index (κ1) is 16.4. The second-order valence-corrected chi connectivity index (χ2v) is 7.25. The summed E-state index contributed by atoms with van der Waals surface area (Å²) < 4.78 is 3.18. The third-order valence-electron chi connectivity index (χ3n) is 3.44. The Morgan fingerprint density at radius 1 is 1.13 bits per heavy atom. The maximum atomic E-state index is 5.97. The van der Waals surface area contributed by atoms with Gasteiger partial charge in [-0.3, -0.25) is 0 Å². The van der Waals surface area contributed by atoms with Gasteiger partial charge >= 0.3 is 154 Å². The molecule has 0 bridgehead atoms. The molecule has 2 aromatic carbocycles. The molecule has 1 aromatic heterocycles. The first-order valence-corrected chi connectivity index (χ1v) is 9.28. The molecule has 23 heavy (non-hydrogen) atoms. The quantitative estimate of drug-likeness (QED) is 0.350. The molecule has 0 atom stereocenters. The molecule has 0 saturated carbocycles. The SMILES string of the molecule is Cc1csc(C([Se-])=Nc2ccccc2)[n+]1Cc1ccc(Cl)cc1. The minimum atomic E-state index is 0.760. The molecule has 0 fully saturated rings. The van der Waals surface area contributed by atoms with Crippen molar-refractivity contribution in [2.75, 3.05) is 0 Å². The van der Waals surface area contributed by atoms with Gasteiger partial charge in [0.1, 0.15) is 0 Å². The van der Waals surface area contributed by atoms with Crippen LogP contribution in [0.1, 0.15) is 16.3 Å². The fourth-order valence-corrected chi connectivity index (χ4v) is 4.00. The monoisotopic (exact) mass is 406 g/mol. The molecule has 0 amide bonds. The molecule has 0 unspecified atom stereocenters. The molecule has 2 nitrogen and oxygen atoms in total. The number of aliphatic imine (C=N–C) groups is 1. The zero-order chi connectivity index (χ0) is 16.2. The van der Waals surface area contributed by atoms with Crippen LogP contribution in [0.4, 0.5) is 5.69 Å². The second-order valence-electron chi connectivity index (χ2n) is 5.15. The van der Waals surface area contributed by atoms with E-state index in [4.69, 9.17) is 11.6 Å². The summed E-state index contributed by atoms with van der Waals surface area (Å²) in [4.78, 5) is 4.69. The third kappa shape index (κ3) is 4.10. The standard InChI is InChI=1S/C18H15ClN2SSe/c1-13-12-22-18(17(23)20-16-5-3-2-4-6-16)21(13)11-14-7-9-15(19)10-8-14/h2-10,12H,11H2,1H3. The van der Waals surface area contributed by atoms with Crippen molar-refractivity contribution < 1.29 is 4.57 Å². The number of benzene rings is 2. The van der Waals surface area contributed by atoms with Crippen LogP contribution >= 0.6 is 22.9 Å². The number of aryl methyl sites for hydroxylation is 1. The molecular weight excluding hydrogens is 391 g/mol. The number of aromatic nitrogens is 1. The molecule has 3 rings (SSSR count). The Morgan fingerprint density at radius 2 is 1.83 bits per heavy atom. The normalized spacial score (nSPS) is 11.7. The van der Waals surface area contributed by atoms with E-state index in [1.54, 1.807) is 11.3 Å². The minimum absolute atomic E-state index is 0.760. The van der Waals surface area contributed by atoms with Crippen LogP contribution in [0.15, 0.2) is 65.0 Å². The van der Waals surface area contributed by atoms with Gasteiger partial charge in [0.15, 0.2) is 0 Å². The van der Waals surface area contributed by atoms with Gasteiger partial charge in [-0.25, -0.2) is 0 Å². The van der Waals surface area contributed by atoms with Crippen LogP contribution in [0.25, 0.3) is 0 Å². The molecule has 0 aliphatic carbocycles. The van der Waals surface area contributed by atoms with Crippen molar-refractivity contribution in [1.82, 2.24) is 0 Å². The number of para-hydroxylation sites is 1. The molecule has 0 spiro atoms. The summed E-state index contributed by atoms with van der Waals surface area (Å²) in [5.41, 5.74) is 3.39. The first-order valence-electron chi connectivity index (χ1n) is 7.17. The predicted molar refractivity (Wildman–Crippen MR) is 98.2 cm³/mol. The Balaban J connectivity index is 1.92. The van der Waals surface area contributed by atoms with E-state index >= 15 is 0 Å². The van der Waals surface area contributed by atoms with Crippen molar-refractivity contribution in [2.45, 2.75) is 13.5 Å². The van der Waals surface area contributed by atoms with Gasteiger partial charge in [-0.2, -0.15) is 0 Å². The maximum absolute atomic E-state index is 5.97. The van der Waals surface area contributed by atoms with E-state index in [9.17, 15) is 0 Å². The van der Waals surface area contributed by atoms with E-state index in [0.29, 0.717) is 0 Å². The van der Waals surface area contributed by atoms with E-state index < -0.39 is 0 Å². The van der Waals surface area contributed by atoms with Gasteiger partial charge < -0.3 is 0 Å². The molecule has 116 valence electrons. The summed E-state index contributed by atoms with van der Waals surface area (Å²) in [7, 11) is 0. The van der Waals surface area contributed by atoms with Crippen LogP contribution in [-0.4, -0.2) is 20.6 Å². The summed E-state index contributed by atoms with van der Waals surface area (Å²) in [5, 5.41) is 4.04. The van der Waals surface area contributed by atoms with Gasteiger partial charge in [0.25, 0.3) is 0 Å². The van der Waals surface area contributed by atoms with Crippen molar-refractivity contribution in [2.24, 2.45) is 4.99 Å². The van der Waals surface area contributed by atoms with Crippen molar-refractivity contribution >= 4 is 49.2 Å². The van der Waals surface area contributed by atoms with Gasteiger partial charge in [-0.1, -0.05) is 0 Å².